The van der Waals surface area contributed by atoms with Crippen LogP contribution in [0.2, 0.25) is 0 Å². The molecule has 1 aliphatic rings. The smallest absolute Gasteiger partial charge is 0.276 e. The average molecular weight is 567 g/mol. The average Bonchev–Trinajstić information content (AvgIpc) is 3.54. The predicted octanol–water partition coefficient (Wildman–Crippen LogP) is 3.15. The summed E-state index contributed by atoms with van der Waals surface area (Å²) in [5.41, 5.74) is 2.92. The molecule has 2 amide bonds. The Morgan fingerprint density at radius 3 is 2.78 bits per heavy atom. The number of imidazole rings is 2. The lowest BCUT2D eigenvalue weighted by molar-refractivity contribution is 0.0985. The number of halogens is 1. The van der Waals surface area contributed by atoms with Gasteiger partial charge in [0.1, 0.15) is 18.1 Å². The van der Waals surface area contributed by atoms with Crippen LogP contribution in [0.4, 0.5) is 11.6 Å². The summed E-state index contributed by atoms with van der Waals surface area (Å²) in [6.07, 6.45) is 1.31. The van der Waals surface area contributed by atoms with Gasteiger partial charge in [-0.2, -0.15) is 0 Å². The number of H-pyrrole nitrogens is 2. The van der Waals surface area contributed by atoms with Crippen molar-refractivity contribution >= 4 is 50.4 Å². The molecule has 5 N–H and O–H groups in total. The molecule has 192 valence electrons. The number of aryl methyl sites for hydroxylation is 1. The fraction of sp³-hybridized carbons (Fsp3) is 0.280. The predicted molar refractivity (Wildman–Crippen MR) is 144 cm³/mol. The van der Waals surface area contributed by atoms with E-state index in [1.54, 1.807) is 6.07 Å². The number of fused-ring (bicyclic) bond motifs is 1. The first-order valence-electron chi connectivity index (χ1n) is 11.9. The lowest BCUT2D eigenvalue weighted by Crippen LogP contribution is -2.44. The molecule has 3 heterocycles. The number of carbonyl (C=O) groups is 2. The van der Waals surface area contributed by atoms with E-state index in [4.69, 9.17) is 4.74 Å². The van der Waals surface area contributed by atoms with Gasteiger partial charge in [-0.25, -0.2) is 9.97 Å². The zero-order chi connectivity index (χ0) is 25.8. The zero-order valence-corrected chi connectivity index (χ0v) is 21.8. The van der Waals surface area contributed by atoms with Crippen molar-refractivity contribution in [2.75, 3.05) is 50.0 Å². The van der Waals surface area contributed by atoms with Crippen LogP contribution in [0.25, 0.3) is 11.0 Å². The fourth-order valence-corrected chi connectivity index (χ4v) is 4.45. The van der Waals surface area contributed by atoms with Gasteiger partial charge in [0.15, 0.2) is 5.69 Å². The monoisotopic (exact) mass is 566 g/mol. The number of nitrogens with zero attached hydrogens (tertiary/aromatic N) is 3. The summed E-state index contributed by atoms with van der Waals surface area (Å²) in [6.45, 7) is 7.39. The van der Waals surface area contributed by atoms with E-state index >= 15 is 0 Å². The molecule has 11 nitrogen and oxygen atoms in total. The highest BCUT2D eigenvalue weighted by molar-refractivity contribution is 9.10. The van der Waals surface area contributed by atoms with Crippen molar-refractivity contribution in [3.05, 3.63) is 64.1 Å². The van der Waals surface area contributed by atoms with Crippen LogP contribution in [0.15, 0.2) is 47.2 Å². The van der Waals surface area contributed by atoms with Crippen molar-refractivity contribution in [2.45, 2.75) is 6.92 Å². The third-order valence-corrected chi connectivity index (χ3v) is 6.59. The molecule has 0 unspecified atom stereocenters. The number of nitrogens with one attached hydrogen (secondary N) is 5. The van der Waals surface area contributed by atoms with Gasteiger partial charge < -0.3 is 25.3 Å². The van der Waals surface area contributed by atoms with Crippen LogP contribution < -0.4 is 20.7 Å². The molecule has 1 fully saturated rings. The summed E-state index contributed by atoms with van der Waals surface area (Å²) < 4.78 is 6.74. The SMILES string of the molecule is Cc1ccc(Br)cc1NC(=O)c1nc[nH]c1C(=O)Nc1nc2ccc(OCCN3CCNCC3)cc2[nH]1. The van der Waals surface area contributed by atoms with E-state index in [9.17, 15) is 9.59 Å². The third-order valence-electron chi connectivity index (χ3n) is 6.10. The van der Waals surface area contributed by atoms with Gasteiger partial charge in [-0.1, -0.05) is 22.0 Å². The van der Waals surface area contributed by atoms with Crippen LogP contribution in [-0.4, -0.2) is 76.0 Å². The normalized spacial score (nSPS) is 14.0. The first-order valence-corrected chi connectivity index (χ1v) is 12.7. The Bertz CT molecular complexity index is 1430. The number of anilines is 2. The summed E-state index contributed by atoms with van der Waals surface area (Å²) in [5.74, 6) is -0.0683. The molecule has 0 atom stereocenters. The number of aromatic nitrogens is 4. The van der Waals surface area contributed by atoms with Crippen molar-refractivity contribution in [3.63, 3.8) is 0 Å². The second kappa shape index (κ2) is 11.1. The van der Waals surface area contributed by atoms with Gasteiger partial charge in [0.25, 0.3) is 11.8 Å². The summed E-state index contributed by atoms with van der Waals surface area (Å²) in [7, 11) is 0. The number of hydrogen-bond acceptors (Lipinski definition) is 7. The zero-order valence-electron chi connectivity index (χ0n) is 20.2. The maximum absolute atomic E-state index is 12.9. The van der Waals surface area contributed by atoms with Crippen LogP contribution in [0, 0.1) is 6.92 Å². The number of aromatic amines is 2. The number of hydrogen-bond donors (Lipinski definition) is 5. The lowest BCUT2D eigenvalue weighted by Gasteiger charge is -2.26. The Hall–Kier alpha value is -3.74. The molecule has 2 aromatic carbocycles. The van der Waals surface area contributed by atoms with Crippen LogP contribution >= 0.6 is 15.9 Å². The summed E-state index contributed by atoms with van der Waals surface area (Å²) in [4.78, 5) is 42.5. The lowest BCUT2D eigenvalue weighted by atomic mass is 10.2. The van der Waals surface area contributed by atoms with Gasteiger partial charge >= 0.3 is 0 Å². The van der Waals surface area contributed by atoms with E-state index in [0.29, 0.717) is 17.8 Å². The highest BCUT2D eigenvalue weighted by atomic mass is 79.9. The van der Waals surface area contributed by atoms with Crippen LogP contribution in [0.1, 0.15) is 26.5 Å². The second-order valence-corrected chi connectivity index (χ2v) is 9.61. The second-order valence-electron chi connectivity index (χ2n) is 8.70. The van der Waals surface area contributed by atoms with Gasteiger partial charge in [-0.15, -0.1) is 0 Å². The number of piperazine rings is 1. The summed E-state index contributed by atoms with van der Waals surface area (Å²) >= 11 is 3.40. The molecule has 5 rings (SSSR count). The maximum atomic E-state index is 12.9. The molecule has 12 heteroatoms. The van der Waals surface area contributed by atoms with Gasteiger partial charge in [-0.3, -0.25) is 19.8 Å². The molecule has 37 heavy (non-hydrogen) atoms. The third kappa shape index (κ3) is 5.98. The van der Waals surface area contributed by atoms with E-state index in [1.807, 2.05) is 37.3 Å². The minimum Gasteiger partial charge on any atom is -0.492 e. The van der Waals surface area contributed by atoms with Crippen molar-refractivity contribution in [2.24, 2.45) is 0 Å². The minimum absolute atomic E-state index is 0.0202. The van der Waals surface area contributed by atoms with E-state index in [-0.39, 0.29) is 17.3 Å². The fourth-order valence-electron chi connectivity index (χ4n) is 4.09. The molecule has 0 saturated carbocycles. The first-order chi connectivity index (χ1) is 18.0. The molecule has 1 aliphatic heterocycles. The number of carbonyl (C=O) groups excluding carboxylic acids is 2. The van der Waals surface area contributed by atoms with Crippen molar-refractivity contribution < 1.29 is 14.3 Å². The topological polar surface area (TPSA) is 140 Å². The number of amides is 2. The minimum atomic E-state index is -0.542. The maximum Gasteiger partial charge on any atom is 0.276 e. The number of ether oxygens (including phenoxy) is 1. The van der Waals surface area contributed by atoms with E-state index < -0.39 is 11.8 Å². The Balaban J connectivity index is 1.23. The quantitative estimate of drug-likeness (QED) is 0.220. The first kappa shape index (κ1) is 24.9. The highest BCUT2D eigenvalue weighted by Crippen LogP contribution is 2.23. The van der Waals surface area contributed by atoms with Crippen LogP contribution in [0.3, 0.4) is 0 Å². The largest absolute Gasteiger partial charge is 0.492 e. The van der Waals surface area contributed by atoms with Crippen molar-refractivity contribution in [1.82, 2.24) is 30.2 Å². The molecule has 0 radical (unpaired) electrons. The number of benzene rings is 2. The molecule has 4 aromatic rings. The molecule has 2 aromatic heterocycles. The molecule has 0 aliphatic carbocycles. The summed E-state index contributed by atoms with van der Waals surface area (Å²) in [5, 5.41) is 8.84. The highest BCUT2D eigenvalue weighted by Gasteiger charge is 2.22. The van der Waals surface area contributed by atoms with E-state index in [0.717, 1.165) is 54.0 Å². The van der Waals surface area contributed by atoms with Crippen LogP contribution in [-0.2, 0) is 0 Å². The molecular weight excluding hydrogens is 540 g/mol. The number of rotatable bonds is 8. The van der Waals surface area contributed by atoms with Gasteiger partial charge in [0, 0.05) is 49.0 Å². The summed E-state index contributed by atoms with van der Waals surface area (Å²) in [6, 6.07) is 11.1. The standard InChI is InChI=1S/C25H27BrN8O3/c1-15-2-3-16(26)12-19(15)30-23(35)21-22(29-14-28-21)24(36)33-25-31-18-5-4-17(13-20(18)32-25)37-11-10-34-8-6-27-7-9-34/h2-5,12-14,27H,6-11H2,1H3,(H,28,29)(H,30,35)(H2,31,32,33,36). The molecule has 0 bridgehead atoms. The van der Waals surface area contributed by atoms with E-state index in [1.165, 1.54) is 6.33 Å². The Morgan fingerprint density at radius 2 is 1.95 bits per heavy atom. The van der Waals surface area contributed by atoms with Gasteiger partial charge in [-0.05, 0) is 36.8 Å². The van der Waals surface area contributed by atoms with Crippen LogP contribution in [0.5, 0.6) is 5.75 Å². The Kier molecular flexibility index (Phi) is 7.49. The molecule has 1 saturated heterocycles. The molecular formula is C25H27BrN8O3. The molecule has 0 spiro atoms. The van der Waals surface area contributed by atoms with Crippen molar-refractivity contribution in [1.29, 1.82) is 0 Å². The van der Waals surface area contributed by atoms with Gasteiger partial charge in [0.05, 0.1) is 17.4 Å². The Morgan fingerprint density at radius 1 is 1.11 bits per heavy atom. The van der Waals surface area contributed by atoms with Crippen molar-refractivity contribution in [3.8, 4) is 5.75 Å². The Labute approximate surface area is 221 Å². The van der Waals surface area contributed by atoms with E-state index in [2.05, 4.69) is 56.7 Å². The van der Waals surface area contributed by atoms with Gasteiger partial charge in [0.2, 0.25) is 5.95 Å².